The van der Waals surface area contributed by atoms with Crippen LogP contribution in [0.1, 0.15) is 22.5 Å². The Morgan fingerprint density at radius 2 is 1.90 bits per heavy atom. The number of rotatable bonds is 5. The molecule has 0 saturated carbocycles. The Hall–Kier alpha value is -2.29. The second-order valence-corrected chi connectivity index (χ2v) is 9.93. The molecule has 4 rings (SSSR count). The molecule has 1 amide bonds. The lowest BCUT2D eigenvalue weighted by Crippen LogP contribution is -2.26. The number of hydrogen-bond donors (Lipinski definition) is 1. The van der Waals surface area contributed by atoms with Gasteiger partial charge < -0.3 is 9.64 Å². The summed E-state index contributed by atoms with van der Waals surface area (Å²) in [4.78, 5) is 15.1. The number of anilines is 1. The van der Waals surface area contributed by atoms with E-state index in [-0.39, 0.29) is 16.6 Å². The van der Waals surface area contributed by atoms with E-state index in [1.54, 1.807) is 18.2 Å². The number of ether oxygens (including phenoxy) is 1. The number of nitrogens with zero attached hydrogens (tertiary/aromatic N) is 1. The van der Waals surface area contributed by atoms with Gasteiger partial charge in [0.1, 0.15) is 10.6 Å². The van der Waals surface area contributed by atoms with Crippen molar-refractivity contribution in [1.82, 2.24) is 4.90 Å². The van der Waals surface area contributed by atoms with Gasteiger partial charge in [0.05, 0.1) is 12.0 Å². The van der Waals surface area contributed by atoms with Crippen molar-refractivity contribution in [3.63, 3.8) is 0 Å². The molecule has 1 aliphatic rings. The van der Waals surface area contributed by atoms with Crippen LogP contribution in [0.15, 0.2) is 47.4 Å². The molecule has 1 aliphatic heterocycles. The summed E-state index contributed by atoms with van der Waals surface area (Å²) in [6.07, 6.45) is 2.07. The fraction of sp³-hybridized carbons (Fsp3) is 0.250. The average Bonchev–Trinajstić information content (AvgIpc) is 3.36. The van der Waals surface area contributed by atoms with Crippen molar-refractivity contribution >= 4 is 54.6 Å². The van der Waals surface area contributed by atoms with Crippen LogP contribution < -0.4 is 9.46 Å². The highest BCUT2D eigenvalue weighted by molar-refractivity contribution is 7.92. The largest absolute Gasteiger partial charge is 0.495 e. The first-order valence-electron chi connectivity index (χ1n) is 9.06. The topological polar surface area (TPSA) is 75.7 Å². The number of likely N-dealkylation sites (tertiary alicyclic amines) is 1. The Morgan fingerprint density at radius 1 is 1.14 bits per heavy atom. The maximum atomic E-state index is 12.8. The van der Waals surface area contributed by atoms with Gasteiger partial charge in [0.25, 0.3) is 15.9 Å². The summed E-state index contributed by atoms with van der Waals surface area (Å²) in [5.41, 5.74) is 0.400. The van der Waals surface area contributed by atoms with E-state index < -0.39 is 10.0 Å². The van der Waals surface area contributed by atoms with Gasteiger partial charge in [-0.2, -0.15) is 0 Å². The number of methoxy groups -OCH3 is 1. The molecule has 1 aromatic heterocycles. The number of hydrogen-bond acceptors (Lipinski definition) is 5. The van der Waals surface area contributed by atoms with Gasteiger partial charge in [-0.1, -0.05) is 11.6 Å². The smallest absolute Gasteiger partial charge is 0.265 e. The van der Waals surface area contributed by atoms with E-state index >= 15 is 0 Å². The molecule has 1 N–H and O–H groups in total. The van der Waals surface area contributed by atoms with Crippen molar-refractivity contribution in [3.05, 3.63) is 52.4 Å². The third-order valence-electron chi connectivity index (χ3n) is 4.79. The summed E-state index contributed by atoms with van der Waals surface area (Å²) in [5.74, 6) is 0.242. The summed E-state index contributed by atoms with van der Waals surface area (Å²) >= 11 is 7.38. The first-order chi connectivity index (χ1) is 13.9. The molecule has 2 aromatic carbocycles. The highest BCUT2D eigenvalue weighted by atomic mass is 35.5. The molecular formula is C20H19ClN2O4S2. The van der Waals surface area contributed by atoms with Gasteiger partial charge in [0.2, 0.25) is 0 Å². The quantitative estimate of drug-likeness (QED) is 0.616. The molecule has 152 valence electrons. The minimum atomic E-state index is -3.90. The Labute approximate surface area is 178 Å². The number of amides is 1. The van der Waals surface area contributed by atoms with Crippen LogP contribution in [-0.2, 0) is 10.0 Å². The number of carbonyl (C=O) groups excluding carboxylic acids is 1. The number of nitrogens with one attached hydrogen (secondary N) is 1. The minimum Gasteiger partial charge on any atom is -0.495 e. The first kappa shape index (κ1) is 20.0. The van der Waals surface area contributed by atoms with E-state index in [0.29, 0.717) is 15.6 Å². The average molecular weight is 451 g/mol. The van der Waals surface area contributed by atoms with E-state index in [9.17, 15) is 13.2 Å². The molecule has 6 nitrogen and oxygen atoms in total. The number of fused-ring (bicyclic) bond motifs is 1. The van der Waals surface area contributed by atoms with Crippen molar-refractivity contribution in [2.45, 2.75) is 17.7 Å². The maximum absolute atomic E-state index is 12.8. The van der Waals surface area contributed by atoms with Gasteiger partial charge in [0, 0.05) is 28.5 Å². The number of carbonyl (C=O) groups is 1. The van der Waals surface area contributed by atoms with Crippen LogP contribution in [0.3, 0.4) is 0 Å². The first-order valence-corrected chi connectivity index (χ1v) is 11.7. The highest BCUT2D eigenvalue weighted by Crippen LogP contribution is 2.32. The third-order valence-corrected chi connectivity index (χ3v) is 7.53. The van der Waals surface area contributed by atoms with Crippen LogP contribution in [0.25, 0.3) is 10.1 Å². The summed E-state index contributed by atoms with van der Waals surface area (Å²) in [5, 5.41) is 1.11. The van der Waals surface area contributed by atoms with Crippen LogP contribution in [-0.4, -0.2) is 39.4 Å². The van der Waals surface area contributed by atoms with E-state index in [2.05, 4.69) is 4.72 Å². The van der Waals surface area contributed by atoms with Gasteiger partial charge >= 0.3 is 0 Å². The molecule has 9 heteroatoms. The summed E-state index contributed by atoms with van der Waals surface area (Å²) < 4.78 is 34.3. The maximum Gasteiger partial charge on any atom is 0.265 e. The Kier molecular flexibility index (Phi) is 5.42. The Balaban J connectivity index is 1.63. The zero-order valence-corrected chi connectivity index (χ0v) is 18.0. The molecule has 0 aliphatic carbocycles. The molecule has 1 saturated heterocycles. The Bertz CT molecular complexity index is 1180. The Morgan fingerprint density at radius 3 is 2.62 bits per heavy atom. The lowest BCUT2D eigenvalue weighted by molar-refractivity contribution is 0.0797. The number of thiophene rings is 1. The minimum absolute atomic E-state index is 0.0366. The van der Waals surface area contributed by atoms with Crippen molar-refractivity contribution in [1.29, 1.82) is 0 Å². The summed E-state index contributed by atoms with van der Waals surface area (Å²) in [6.45, 7) is 1.58. The van der Waals surface area contributed by atoms with E-state index in [4.69, 9.17) is 16.3 Å². The molecule has 3 aromatic rings. The number of sulfonamides is 1. The predicted molar refractivity (Wildman–Crippen MR) is 116 cm³/mol. The van der Waals surface area contributed by atoms with Gasteiger partial charge in [-0.3, -0.25) is 9.52 Å². The normalized spacial score (nSPS) is 14.3. The van der Waals surface area contributed by atoms with Crippen molar-refractivity contribution in [2.24, 2.45) is 0 Å². The third kappa shape index (κ3) is 4.05. The molecule has 0 radical (unpaired) electrons. The van der Waals surface area contributed by atoms with Crippen LogP contribution in [0, 0.1) is 0 Å². The number of halogens is 1. The fourth-order valence-corrected chi connectivity index (χ4v) is 5.85. The number of benzene rings is 2. The van der Waals surface area contributed by atoms with Gasteiger partial charge in [-0.05, 0) is 60.7 Å². The van der Waals surface area contributed by atoms with Crippen LogP contribution in [0.5, 0.6) is 5.75 Å². The van der Waals surface area contributed by atoms with Gasteiger partial charge in [-0.15, -0.1) is 11.3 Å². The van der Waals surface area contributed by atoms with Gasteiger partial charge in [-0.25, -0.2) is 8.42 Å². The molecule has 2 heterocycles. The molecule has 0 bridgehead atoms. The molecule has 0 atom stereocenters. The predicted octanol–water partition coefficient (Wildman–Crippen LogP) is 4.60. The molecule has 0 spiro atoms. The lowest BCUT2D eigenvalue weighted by atomic mass is 10.2. The standard InChI is InChI=1S/C20H19ClN2O4S2/c1-27-16-6-4-14(21)12-19(16)29(25,26)22-15-5-7-17-13(10-15)11-18(28-17)20(24)23-8-2-3-9-23/h4-7,10-12,22H,2-3,8-9H2,1H3. The second kappa shape index (κ2) is 7.85. The van der Waals surface area contributed by atoms with Crippen LogP contribution in [0.4, 0.5) is 5.69 Å². The zero-order chi connectivity index (χ0) is 20.6. The van der Waals surface area contributed by atoms with Crippen molar-refractivity contribution < 1.29 is 17.9 Å². The molecular weight excluding hydrogens is 432 g/mol. The fourth-order valence-electron chi connectivity index (χ4n) is 3.36. The van der Waals surface area contributed by atoms with E-state index in [0.717, 1.165) is 36.0 Å². The molecule has 29 heavy (non-hydrogen) atoms. The summed E-state index contributed by atoms with van der Waals surface area (Å²) in [7, 11) is -2.50. The molecule has 1 fully saturated rings. The monoisotopic (exact) mass is 450 g/mol. The molecule has 0 unspecified atom stereocenters. The van der Waals surface area contributed by atoms with Gasteiger partial charge in [0.15, 0.2) is 0 Å². The second-order valence-electron chi connectivity index (χ2n) is 6.76. The highest BCUT2D eigenvalue weighted by Gasteiger charge is 2.23. The van der Waals surface area contributed by atoms with E-state index in [1.165, 1.54) is 30.6 Å². The van der Waals surface area contributed by atoms with Crippen LogP contribution >= 0.6 is 22.9 Å². The van der Waals surface area contributed by atoms with Crippen LogP contribution in [0.2, 0.25) is 5.02 Å². The summed E-state index contributed by atoms with van der Waals surface area (Å²) in [6, 6.07) is 11.5. The van der Waals surface area contributed by atoms with Crippen molar-refractivity contribution in [2.75, 3.05) is 24.9 Å². The van der Waals surface area contributed by atoms with E-state index in [1.807, 2.05) is 17.0 Å². The SMILES string of the molecule is COc1ccc(Cl)cc1S(=O)(=O)Nc1ccc2sc(C(=O)N3CCCC3)cc2c1. The van der Waals surface area contributed by atoms with Crippen molar-refractivity contribution in [3.8, 4) is 5.75 Å². The zero-order valence-electron chi connectivity index (χ0n) is 15.6. The lowest BCUT2D eigenvalue weighted by Gasteiger charge is -2.13.